The van der Waals surface area contributed by atoms with E-state index in [0.717, 1.165) is 4.90 Å². The van der Waals surface area contributed by atoms with Gasteiger partial charge in [-0.2, -0.15) is 0 Å². The maximum Gasteiger partial charge on any atom is 0.320 e. The number of hydrogen-bond acceptors (Lipinski definition) is 7. The minimum absolute atomic E-state index is 0.334. The van der Waals surface area contributed by atoms with Crippen LogP contribution in [0.15, 0.2) is 0 Å². The first-order chi connectivity index (χ1) is 13.5. The van der Waals surface area contributed by atoms with Gasteiger partial charge < -0.3 is 25.5 Å². The first kappa shape index (κ1) is 24.3. The Balaban J connectivity index is 3.26. The minimum Gasteiger partial charge on any atom is -0.481 e. The van der Waals surface area contributed by atoms with Crippen LogP contribution in [-0.2, 0) is 24.0 Å². The molecule has 0 unspecified atom stereocenters. The molecular formula is C17H26N2O10. The fourth-order valence-corrected chi connectivity index (χ4v) is 3.85. The molecule has 0 aromatic heterocycles. The van der Waals surface area contributed by atoms with Gasteiger partial charge in [0, 0.05) is 18.5 Å². The Labute approximate surface area is 166 Å². The molecule has 12 heteroatoms. The van der Waals surface area contributed by atoms with E-state index in [0.29, 0.717) is 25.7 Å². The highest BCUT2D eigenvalue weighted by Crippen LogP contribution is 2.29. The van der Waals surface area contributed by atoms with Gasteiger partial charge in [-0.25, -0.2) is 0 Å². The van der Waals surface area contributed by atoms with Crippen LogP contribution < -0.4 is 0 Å². The summed E-state index contributed by atoms with van der Waals surface area (Å²) < 4.78 is 0. The molecule has 1 aliphatic rings. The molecule has 29 heavy (non-hydrogen) atoms. The summed E-state index contributed by atoms with van der Waals surface area (Å²) in [5, 5.41) is 46.0. The predicted octanol–water partition coefficient (Wildman–Crippen LogP) is -0.527. The molecule has 1 fully saturated rings. The van der Waals surface area contributed by atoms with Crippen molar-refractivity contribution in [2.45, 2.75) is 56.7 Å². The molecule has 1 saturated carbocycles. The highest BCUT2D eigenvalue weighted by molar-refractivity contribution is 5.77. The van der Waals surface area contributed by atoms with Gasteiger partial charge in [-0.3, -0.25) is 33.8 Å². The van der Waals surface area contributed by atoms with Gasteiger partial charge in [0.05, 0.1) is 19.6 Å². The molecule has 1 rings (SSSR count). The number of nitrogens with zero attached hydrogens (tertiary/aromatic N) is 2. The molecule has 0 aliphatic heterocycles. The summed E-state index contributed by atoms with van der Waals surface area (Å²) in [4.78, 5) is 58.8. The smallest absolute Gasteiger partial charge is 0.320 e. The molecule has 12 nitrogen and oxygen atoms in total. The molecule has 0 bridgehead atoms. The Kier molecular flexibility index (Phi) is 9.48. The lowest BCUT2D eigenvalue weighted by Crippen LogP contribution is -2.60. The van der Waals surface area contributed by atoms with Crippen molar-refractivity contribution in [1.82, 2.24) is 9.80 Å². The number of rotatable bonds is 13. The lowest BCUT2D eigenvalue weighted by Gasteiger charge is -2.45. The molecule has 0 saturated heterocycles. The lowest BCUT2D eigenvalue weighted by atomic mass is 9.86. The standard InChI is InChI=1S/C17H26N2O10/c20-13(21)6-5-12(17(28)29)19(9-16(26)27)11-4-2-1-3-10(11)18(7-14(22)23)8-15(24)25/h10-12H,1-9H2,(H,20,21)(H,22,23)(H,24,25)(H,26,27)(H,28,29)/t10-,11-,12+/m0/s1. The van der Waals surface area contributed by atoms with Crippen LogP contribution in [0.4, 0.5) is 0 Å². The topological polar surface area (TPSA) is 193 Å². The molecule has 3 atom stereocenters. The van der Waals surface area contributed by atoms with Crippen molar-refractivity contribution >= 4 is 29.8 Å². The third kappa shape index (κ3) is 8.03. The van der Waals surface area contributed by atoms with Crippen LogP contribution in [0.25, 0.3) is 0 Å². The van der Waals surface area contributed by atoms with Crippen molar-refractivity contribution in [1.29, 1.82) is 0 Å². The van der Waals surface area contributed by atoms with E-state index in [1.54, 1.807) is 0 Å². The zero-order chi connectivity index (χ0) is 22.1. The van der Waals surface area contributed by atoms with E-state index >= 15 is 0 Å². The molecule has 1 aliphatic carbocycles. The normalized spacial score (nSPS) is 20.3. The maximum absolute atomic E-state index is 11.8. The van der Waals surface area contributed by atoms with E-state index in [1.165, 1.54) is 4.90 Å². The van der Waals surface area contributed by atoms with Crippen LogP contribution in [0, 0.1) is 0 Å². The van der Waals surface area contributed by atoms with Crippen LogP contribution in [0.5, 0.6) is 0 Å². The fraction of sp³-hybridized carbons (Fsp3) is 0.706. The second kappa shape index (κ2) is 11.3. The van der Waals surface area contributed by atoms with E-state index in [9.17, 15) is 34.2 Å². The summed E-state index contributed by atoms with van der Waals surface area (Å²) >= 11 is 0. The van der Waals surface area contributed by atoms with E-state index in [1.807, 2.05) is 0 Å². The van der Waals surface area contributed by atoms with E-state index < -0.39 is 74.0 Å². The molecule has 5 N–H and O–H groups in total. The van der Waals surface area contributed by atoms with Gasteiger partial charge in [-0.15, -0.1) is 0 Å². The van der Waals surface area contributed by atoms with Crippen LogP contribution in [0.3, 0.4) is 0 Å². The SMILES string of the molecule is O=C(O)CC[C@H](C(=O)O)N(CC(=O)O)[C@H]1CCCC[C@@H]1N(CC(=O)O)CC(=O)O. The summed E-state index contributed by atoms with van der Waals surface area (Å²) in [6, 6.07) is -2.85. The zero-order valence-electron chi connectivity index (χ0n) is 15.8. The fourth-order valence-electron chi connectivity index (χ4n) is 3.85. The highest BCUT2D eigenvalue weighted by Gasteiger charge is 2.41. The zero-order valence-corrected chi connectivity index (χ0v) is 15.8. The van der Waals surface area contributed by atoms with E-state index in [4.69, 9.17) is 15.3 Å². The van der Waals surface area contributed by atoms with Crippen LogP contribution in [-0.4, -0.2) is 103 Å². The van der Waals surface area contributed by atoms with Crippen LogP contribution in [0.1, 0.15) is 38.5 Å². The van der Waals surface area contributed by atoms with Gasteiger partial charge in [-0.05, 0) is 19.3 Å². The van der Waals surface area contributed by atoms with E-state index in [2.05, 4.69) is 0 Å². The average Bonchev–Trinajstić information content (AvgIpc) is 2.58. The highest BCUT2D eigenvalue weighted by atomic mass is 16.4. The van der Waals surface area contributed by atoms with Crippen molar-refractivity contribution in [3.63, 3.8) is 0 Å². The molecule has 0 spiro atoms. The number of hydrogen-bond donors (Lipinski definition) is 5. The average molecular weight is 418 g/mol. The first-order valence-corrected chi connectivity index (χ1v) is 9.12. The van der Waals surface area contributed by atoms with Crippen molar-refractivity contribution in [3.8, 4) is 0 Å². The summed E-state index contributed by atoms with van der Waals surface area (Å²) in [5.74, 6) is -6.47. The molecule has 164 valence electrons. The lowest BCUT2D eigenvalue weighted by molar-refractivity contribution is -0.153. The quantitative estimate of drug-likeness (QED) is 0.257. The second-order valence-corrected chi connectivity index (χ2v) is 6.96. The number of carbonyl (C=O) groups is 5. The molecule has 0 aromatic rings. The summed E-state index contributed by atoms with van der Waals surface area (Å²) in [6.07, 6.45) is 1.15. The third-order valence-corrected chi connectivity index (χ3v) is 4.90. The van der Waals surface area contributed by atoms with Crippen LogP contribution >= 0.6 is 0 Å². The number of carboxylic acid groups (broad SMARTS) is 5. The molecule has 0 amide bonds. The van der Waals surface area contributed by atoms with Crippen molar-refractivity contribution in [2.75, 3.05) is 19.6 Å². The monoisotopic (exact) mass is 418 g/mol. The minimum atomic E-state index is -1.41. The van der Waals surface area contributed by atoms with Gasteiger partial charge >= 0.3 is 29.8 Å². The van der Waals surface area contributed by atoms with Gasteiger partial charge in [-0.1, -0.05) is 12.8 Å². The Bertz CT molecular complexity index is 622. The predicted molar refractivity (Wildman–Crippen MR) is 95.5 cm³/mol. The molecule has 0 radical (unpaired) electrons. The molecule has 0 heterocycles. The van der Waals surface area contributed by atoms with E-state index in [-0.39, 0.29) is 6.42 Å². The Morgan fingerprint density at radius 1 is 0.724 bits per heavy atom. The molecular weight excluding hydrogens is 392 g/mol. The first-order valence-electron chi connectivity index (χ1n) is 9.12. The van der Waals surface area contributed by atoms with Gasteiger partial charge in [0.1, 0.15) is 6.04 Å². The van der Waals surface area contributed by atoms with Crippen molar-refractivity contribution in [2.24, 2.45) is 0 Å². The summed E-state index contributed by atoms with van der Waals surface area (Å²) in [6.45, 7) is -1.88. The van der Waals surface area contributed by atoms with Crippen LogP contribution in [0.2, 0.25) is 0 Å². The Hall–Kier alpha value is -2.73. The second-order valence-electron chi connectivity index (χ2n) is 6.96. The summed E-state index contributed by atoms with van der Waals surface area (Å²) in [5.41, 5.74) is 0. The Morgan fingerprint density at radius 3 is 1.62 bits per heavy atom. The maximum atomic E-state index is 11.8. The van der Waals surface area contributed by atoms with Gasteiger partial charge in [0.15, 0.2) is 0 Å². The number of aliphatic carboxylic acids is 5. The van der Waals surface area contributed by atoms with Gasteiger partial charge in [0.25, 0.3) is 0 Å². The van der Waals surface area contributed by atoms with Gasteiger partial charge in [0.2, 0.25) is 0 Å². The largest absolute Gasteiger partial charge is 0.481 e. The third-order valence-electron chi connectivity index (χ3n) is 4.90. The number of carboxylic acids is 5. The molecule has 0 aromatic carbocycles. The van der Waals surface area contributed by atoms with Crippen molar-refractivity contribution in [3.05, 3.63) is 0 Å². The van der Waals surface area contributed by atoms with Crippen molar-refractivity contribution < 1.29 is 49.5 Å². The summed E-state index contributed by atoms with van der Waals surface area (Å²) in [7, 11) is 0. The Morgan fingerprint density at radius 2 is 1.21 bits per heavy atom.